The molecule has 0 saturated carbocycles. The number of aryl methyl sites for hydroxylation is 1. The van der Waals surface area contributed by atoms with Gasteiger partial charge in [-0.2, -0.15) is 4.98 Å². The van der Waals surface area contributed by atoms with E-state index in [1.165, 1.54) is 0 Å². The molecule has 7 nitrogen and oxygen atoms in total. The van der Waals surface area contributed by atoms with Gasteiger partial charge in [-0.15, -0.1) is 11.3 Å². The van der Waals surface area contributed by atoms with Crippen LogP contribution in [0.25, 0.3) is 0 Å². The molecule has 2 heterocycles. The Morgan fingerprint density at radius 2 is 2.13 bits per heavy atom. The van der Waals surface area contributed by atoms with Crippen LogP contribution in [0, 0.1) is 0 Å². The predicted molar refractivity (Wildman–Crippen MR) is 88.5 cm³/mol. The number of urea groups is 1. The number of amides is 2. The van der Waals surface area contributed by atoms with Gasteiger partial charge in [-0.25, -0.2) is 9.78 Å². The van der Waals surface area contributed by atoms with E-state index in [2.05, 4.69) is 32.7 Å². The molecule has 126 valence electrons. The van der Waals surface area contributed by atoms with Crippen LogP contribution in [-0.4, -0.2) is 27.7 Å². The molecule has 23 heavy (non-hydrogen) atoms. The molecular weight excluding hydrogens is 314 g/mol. The van der Waals surface area contributed by atoms with Crippen LogP contribution in [0.2, 0.25) is 0 Å². The molecule has 0 unspecified atom stereocenters. The fourth-order valence-corrected chi connectivity index (χ4v) is 2.73. The molecule has 0 fully saturated rings. The first-order valence-electron chi connectivity index (χ1n) is 7.80. The molecule has 0 spiro atoms. The lowest BCUT2D eigenvalue weighted by atomic mass is 10.2. The number of rotatable bonds is 7. The molecule has 2 amide bonds. The summed E-state index contributed by atoms with van der Waals surface area (Å²) in [5.41, 5.74) is 0.889. The third-order valence-corrected chi connectivity index (χ3v) is 4.30. The number of hydrogen-bond donors (Lipinski definition) is 2. The van der Waals surface area contributed by atoms with Gasteiger partial charge >= 0.3 is 6.03 Å². The zero-order valence-electron chi connectivity index (χ0n) is 13.9. The summed E-state index contributed by atoms with van der Waals surface area (Å²) in [5.74, 6) is 1.46. The second kappa shape index (κ2) is 8.05. The maximum atomic E-state index is 11.9. The standard InChI is InChI=1S/C15H23N5O2S/c1-5-13-18-11(8-23-13)10(4)17-15(21)16-7-6-12-19-14(9(2)3)20-22-12/h8-10H,5-7H2,1-4H3,(H2,16,17,21)/t10-/m1/s1. The molecule has 2 rings (SSSR count). The van der Waals surface area contributed by atoms with Crippen molar-refractivity contribution < 1.29 is 9.32 Å². The minimum atomic E-state index is -0.229. The van der Waals surface area contributed by atoms with E-state index in [0.29, 0.717) is 24.7 Å². The number of thiazole rings is 1. The zero-order valence-corrected chi connectivity index (χ0v) is 14.7. The highest BCUT2D eigenvalue weighted by atomic mass is 32.1. The SMILES string of the molecule is CCc1nc([C@@H](C)NC(=O)NCCc2nc(C(C)C)no2)cs1. The second-order valence-electron chi connectivity index (χ2n) is 5.59. The maximum absolute atomic E-state index is 11.9. The summed E-state index contributed by atoms with van der Waals surface area (Å²) in [4.78, 5) is 20.6. The fraction of sp³-hybridized carbons (Fsp3) is 0.600. The van der Waals surface area contributed by atoms with Gasteiger partial charge in [0.15, 0.2) is 5.82 Å². The van der Waals surface area contributed by atoms with Gasteiger partial charge in [-0.05, 0) is 13.3 Å². The Kier molecular flexibility index (Phi) is 6.09. The Bertz CT molecular complexity index is 637. The van der Waals surface area contributed by atoms with Crippen LogP contribution >= 0.6 is 11.3 Å². The van der Waals surface area contributed by atoms with Crippen LogP contribution in [0.15, 0.2) is 9.90 Å². The molecule has 2 N–H and O–H groups in total. The highest BCUT2D eigenvalue weighted by Crippen LogP contribution is 2.16. The molecule has 2 aromatic heterocycles. The summed E-state index contributed by atoms with van der Waals surface area (Å²) in [7, 11) is 0. The number of nitrogens with one attached hydrogen (secondary N) is 2. The van der Waals surface area contributed by atoms with Gasteiger partial charge in [0.2, 0.25) is 5.89 Å². The number of aromatic nitrogens is 3. The van der Waals surface area contributed by atoms with Crippen molar-refractivity contribution in [2.75, 3.05) is 6.54 Å². The minimum absolute atomic E-state index is 0.123. The summed E-state index contributed by atoms with van der Waals surface area (Å²) in [6.45, 7) is 8.43. The van der Waals surface area contributed by atoms with E-state index in [1.54, 1.807) is 11.3 Å². The van der Waals surface area contributed by atoms with Crippen molar-refractivity contribution in [1.82, 2.24) is 25.8 Å². The Morgan fingerprint density at radius 3 is 2.74 bits per heavy atom. The Balaban J connectivity index is 1.73. The third kappa shape index (κ3) is 5.02. The van der Waals surface area contributed by atoms with E-state index in [0.717, 1.165) is 17.1 Å². The summed E-state index contributed by atoms with van der Waals surface area (Å²) in [6, 6.07) is -0.352. The molecule has 0 aliphatic heterocycles. The molecule has 1 atom stereocenters. The van der Waals surface area contributed by atoms with Crippen molar-refractivity contribution in [3.05, 3.63) is 27.8 Å². The van der Waals surface area contributed by atoms with Crippen LogP contribution in [0.5, 0.6) is 0 Å². The Hall–Kier alpha value is -1.96. The van der Waals surface area contributed by atoms with E-state index in [-0.39, 0.29) is 18.0 Å². The molecular formula is C15H23N5O2S. The number of nitrogens with zero attached hydrogens (tertiary/aromatic N) is 3. The molecule has 8 heteroatoms. The van der Waals surface area contributed by atoms with Crippen molar-refractivity contribution in [3.8, 4) is 0 Å². The van der Waals surface area contributed by atoms with Crippen LogP contribution in [-0.2, 0) is 12.8 Å². The lowest BCUT2D eigenvalue weighted by molar-refractivity contribution is 0.237. The van der Waals surface area contributed by atoms with Crippen molar-refractivity contribution >= 4 is 17.4 Å². The largest absolute Gasteiger partial charge is 0.339 e. The van der Waals surface area contributed by atoms with Gasteiger partial charge in [0, 0.05) is 24.3 Å². The predicted octanol–water partition coefficient (Wildman–Crippen LogP) is 2.81. The van der Waals surface area contributed by atoms with Crippen molar-refractivity contribution in [2.45, 2.75) is 52.5 Å². The first-order valence-corrected chi connectivity index (χ1v) is 8.68. The molecule has 0 radical (unpaired) electrons. The average Bonchev–Trinajstić information content (AvgIpc) is 3.16. The van der Waals surface area contributed by atoms with Gasteiger partial charge in [0.25, 0.3) is 0 Å². The third-order valence-electron chi connectivity index (χ3n) is 3.29. The van der Waals surface area contributed by atoms with Gasteiger partial charge in [0.1, 0.15) is 0 Å². The lowest BCUT2D eigenvalue weighted by Gasteiger charge is -2.12. The topological polar surface area (TPSA) is 92.9 Å². The van der Waals surface area contributed by atoms with Crippen molar-refractivity contribution in [2.24, 2.45) is 0 Å². The van der Waals surface area contributed by atoms with E-state index in [1.807, 2.05) is 26.2 Å². The monoisotopic (exact) mass is 337 g/mol. The number of hydrogen-bond acceptors (Lipinski definition) is 6. The quantitative estimate of drug-likeness (QED) is 0.810. The number of carbonyl (C=O) groups is 1. The van der Waals surface area contributed by atoms with Gasteiger partial charge in [-0.3, -0.25) is 0 Å². The zero-order chi connectivity index (χ0) is 16.8. The summed E-state index contributed by atoms with van der Waals surface area (Å²) >= 11 is 1.61. The molecule has 0 bridgehead atoms. The average molecular weight is 337 g/mol. The highest BCUT2D eigenvalue weighted by Gasteiger charge is 2.13. The second-order valence-corrected chi connectivity index (χ2v) is 6.54. The minimum Gasteiger partial charge on any atom is -0.339 e. The smallest absolute Gasteiger partial charge is 0.315 e. The molecule has 0 saturated heterocycles. The molecule has 0 aliphatic rings. The Morgan fingerprint density at radius 1 is 1.35 bits per heavy atom. The van der Waals surface area contributed by atoms with Crippen LogP contribution in [0.1, 0.15) is 62.1 Å². The van der Waals surface area contributed by atoms with Crippen LogP contribution in [0.3, 0.4) is 0 Å². The van der Waals surface area contributed by atoms with Crippen LogP contribution < -0.4 is 10.6 Å². The van der Waals surface area contributed by atoms with Crippen molar-refractivity contribution in [3.63, 3.8) is 0 Å². The molecule has 2 aromatic rings. The number of carbonyl (C=O) groups excluding carboxylic acids is 1. The van der Waals surface area contributed by atoms with E-state index in [9.17, 15) is 4.79 Å². The van der Waals surface area contributed by atoms with E-state index >= 15 is 0 Å². The van der Waals surface area contributed by atoms with Gasteiger partial charge in [-0.1, -0.05) is 25.9 Å². The van der Waals surface area contributed by atoms with Crippen LogP contribution in [0.4, 0.5) is 4.79 Å². The summed E-state index contributed by atoms with van der Waals surface area (Å²) < 4.78 is 5.13. The lowest BCUT2D eigenvalue weighted by Crippen LogP contribution is -2.38. The highest BCUT2D eigenvalue weighted by molar-refractivity contribution is 7.09. The summed E-state index contributed by atoms with van der Waals surface area (Å²) in [5, 5.41) is 12.6. The first kappa shape index (κ1) is 17.4. The maximum Gasteiger partial charge on any atom is 0.315 e. The molecule has 0 aromatic carbocycles. The fourth-order valence-electron chi connectivity index (χ4n) is 1.90. The van der Waals surface area contributed by atoms with E-state index < -0.39 is 0 Å². The van der Waals surface area contributed by atoms with E-state index in [4.69, 9.17) is 4.52 Å². The van der Waals surface area contributed by atoms with Gasteiger partial charge in [0.05, 0.1) is 16.7 Å². The molecule has 0 aliphatic carbocycles. The Labute approximate surface area is 139 Å². The van der Waals surface area contributed by atoms with Gasteiger partial charge < -0.3 is 15.2 Å². The van der Waals surface area contributed by atoms with Crippen molar-refractivity contribution in [1.29, 1.82) is 0 Å². The normalized spacial score (nSPS) is 12.4. The first-order chi connectivity index (χ1) is 11.0. The summed E-state index contributed by atoms with van der Waals surface area (Å²) in [6.07, 6.45) is 1.42.